The topological polar surface area (TPSA) is 78.4 Å². The van der Waals surface area contributed by atoms with Crippen molar-refractivity contribution >= 4 is 23.2 Å². The van der Waals surface area contributed by atoms with Crippen LogP contribution in [0.4, 0.5) is 11.4 Å². The van der Waals surface area contributed by atoms with Crippen molar-refractivity contribution in [3.8, 4) is 0 Å². The van der Waals surface area contributed by atoms with Gasteiger partial charge in [0, 0.05) is 18.3 Å². The van der Waals surface area contributed by atoms with Crippen molar-refractivity contribution in [3.63, 3.8) is 0 Å². The third-order valence-corrected chi connectivity index (χ3v) is 2.02. The number of hydrogen-bond acceptors (Lipinski definition) is 3. The fourth-order valence-corrected chi connectivity index (χ4v) is 1.12. The van der Waals surface area contributed by atoms with E-state index in [1.54, 1.807) is 24.3 Å². The van der Waals surface area contributed by atoms with Gasteiger partial charge in [0.25, 0.3) is 5.91 Å². The summed E-state index contributed by atoms with van der Waals surface area (Å²) in [6, 6.07) is 6.63. The third-order valence-electron chi connectivity index (χ3n) is 2.02. The van der Waals surface area contributed by atoms with Gasteiger partial charge in [-0.15, -0.1) is 0 Å². The van der Waals surface area contributed by atoms with E-state index in [0.29, 0.717) is 11.4 Å². The van der Waals surface area contributed by atoms with E-state index in [4.69, 9.17) is 0 Å². The SMILES string of the molecule is CC(=O)Nc1ccc(NC(=O)C(C)(C)O)cc1. The molecule has 0 saturated carbocycles. The molecule has 0 aromatic heterocycles. The second-order valence-electron chi connectivity index (χ2n) is 4.27. The standard InChI is InChI=1S/C12H16N2O3/c1-8(15)13-9-4-6-10(7-5-9)14-11(16)12(2,3)17/h4-7,17H,1-3H3,(H,13,15)(H,14,16). The number of rotatable bonds is 3. The molecule has 0 aliphatic heterocycles. The van der Waals surface area contributed by atoms with E-state index in [9.17, 15) is 14.7 Å². The Morgan fingerprint density at radius 2 is 1.47 bits per heavy atom. The quantitative estimate of drug-likeness (QED) is 0.741. The monoisotopic (exact) mass is 236 g/mol. The molecule has 0 fully saturated rings. The first-order valence-electron chi connectivity index (χ1n) is 5.20. The van der Waals surface area contributed by atoms with E-state index in [1.807, 2.05) is 0 Å². The minimum atomic E-state index is -1.42. The van der Waals surface area contributed by atoms with Crippen molar-refractivity contribution in [1.29, 1.82) is 0 Å². The Morgan fingerprint density at radius 3 is 1.82 bits per heavy atom. The zero-order valence-corrected chi connectivity index (χ0v) is 10.1. The Bertz CT molecular complexity index is 418. The highest BCUT2D eigenvalue weighted by Gasteiger charge is 2.23. The lowest BCUT2D eigenvalue weighted by atomic mass is 10.1. The molecule has 1 aromatic carbocycles. The fraction of sp³-hybridized carbons (Fsp3) is 0.333. The maximum absolute atomic E-state index is 11.5. The Kier molecular flexibility index (Phi) is 3.85. The molecule has 0 radical (unpaired) electrons. The molecule has 0 aliphatic rings. The van der Waals surface area contributed by atoms with Crippen LogP contribution in [0.1, 0.15) is 20.8 Å². The summed E-state index contributed by atoms with van der Waals surface area (Å²) < 4.78 is 0. The molecule has 5 heteroatoms. The van der Waals surface area contributed by atoms with Gasteiger partial charge in [0.05, 0.1) is 0 Å². The first-order chi connectivity index (χ1) is 7.79. The zero-order chi connectivity index (χ0) is 13.1. The maximum atomic E-state index is 11.5. The van der Waals surface area contributed by atoms with Gasteiger partial charge in [0.15, 0.2) is 0 Å². The number of carbonyl (C=O) groups is 2. The van der Waals surface area contributed by atoms with Gasteiger partial charge in [-0.1, -0.05) is 0 Å². The number of anilines is 2. The minimum absolute atomic E-state index is 0.154. The van der Waals surface area contributed by atoms with Crippen molar-refractivity contribution in [3.05, 3.63) is 24.3 Å². The van der Waals surface area contributed by atoms with Crippen molar-refractivity contribution in [2.75, 3.05) is 10.6 Å². The number of hydrogen-bond donors (Lipinski definition) is 3. The van der Waals surface area contributed by atoms with Gasteiger partial charge in [-0.25, -0.2) is 0 Å². The fourth-order valence-electron chi connectivity index (χ4n) is 1.12. The number of nitrogens with one attached hydrogen (secondary N) is 2. The molecule has 0 aliphatic carbocycles. The highest BCUT2D eigenvalue weighted by molar-refractivity contribution is 5.96. The van der Waals surface area contributed by atoms with E-state index in [0.717, 1.165) is 0 Å². The lowest BCUT2D eigenvalue weighted by Crippen LogP contribution is -2.36. The van der Waals surface area contributed by atoms with E-state index >= 15 is 0 Å². The Balaban J connectivity index is 2.69. The molecule has 0 heterocycles. The maximum Gasteiger partial charge on any atom is 0.255 e. The van der Waals surface area contributed by atoms with Crippen LogP contribution in [0.2, 0.25) is 0 Å². The average Bonchev–Trinajstić information content (AvgIpc) is 2.18. The van der Waals surface area contributed by atoms with Crippen molar-refractivity contribution in [2.24, 2.45) is 0 Å². The second-order valence-corrected chi connectivity index (χ2v) is 4.27. The first kappa shape index (κ1) is 13.2. The highest BCUT2D eigenvalue weighted by atomic mass is 16.3. The van der Waals surface area contributed by atoms with Crippen LogP contribution in [0.15, 0.2) is 24.3 Å². The van der Waals surface area contributed by atoms with Gasteiger partial charge in [0.1, 0.15) is 5.60 Å². The van der Waals surface area contributed by atoms with Gasteiger partial charge in [-0.3, -0.25) is 9.59 Å². The lowest BCUT2D eigenvalue weighted by Gasteiger charge is -2.16. The normalized spacial score (nSPS) is 10.8. The van der Waals surface area contributed by atoms with Crippen LogP contribution in [-0.2, 0) is 9.59 Å². The zero-order valence-electron chi connectivity index (χ0n) is 10.1. The predicted octanol–water partition coefficient (Wildman–Crippen LogP) is 1.35. The molecule has 1 rings (SSSR count). The van der Waals surface area contributed by atoms with E-state index in [2.05, 4.69) is 10.6 Å². The molecule has 0 saturated heterocycles. The van der Waals surface area contributed by atoms with Crippen LogP contribution in [0, 0.1) is 0 Å². The minimum Gasteiger partial charge on any atom is -0.381 e. The van der Waals surface area contributed by atoms with Crippen LogP contribution in [0.3, 0.4) is 0 Å². The summed E-state index contributed by atoms with van der Waals surface area (Å²) in [6.45, 7) is 4.24. The highest BCUT2D eigenvalue weighted by Crippen LogP contribution is 2.15. The van der Waals surface area contributed by atoms with Gasteiger partial charge in [-0.2, -0.15) is 0 Å². The van der Waals surface area contributed by atoms with Crippen molar-refractivity contribution < 1.29 is 14.7 Å². The molecule has 0 spiro atoms. The van der Waals surface area contributed by atoms with Crippen molar-refractivity contribution in [1.82, 2.24) is 0 Å². The summed E-state index contributed by atoms with van der Waals surface area (Å²) in [7, 11) is 0. The molecule has 3 N–H and O–H groups in total. The lowest BCUT2D eigenvalue weighted by molar-refractivity contribution is -0.130. The van der Waals surface area contributed by atoms with Crippen LogP contribution >= 0.6 is 0 Å². The smallest absolute Gasteiger partial charge is 0.255 e. The summed E-state index contributed by atoms with van der Waals surface area (Å²) in [5.41, 5.74) is -0.207. The average molecular weight is 236 g/mol. The Morgan fingerprint density at radius 1 is 1.06 bits per heavy atom. The van der Waals surface area contributed by atoms with E-state index in [1.165, 1.54) is 20.8 Å². The van der Waals surface area contributed by atoms with Crippen LogP contribution in [-0.4, -0.2) is 22.5 Å². The van der Waals surface area contributed by atoms with Crippen LogP contribution in [0.25, 0.3) is 0 Å². The molecule has 17 heavy (non-hydrogen) atoms. The molecule has 92 valence electrons. The number of amides is 2. The van der Waals surface area contributed by atoms with Gasteiger partial charge < -0.3 is 15.7 Å². The predicted molar refractivity (Wildman–Crippen MR) is 65.7 cm³/mol. The van der Waals surface area contributed by atoms with Crippen LogP contribution in [0.5, 0.6) is 0 Å². The van der Waals surface area contributed by atoms with Gasteiger partial charge in [-0.05, 0) is 38.1 Å². The molecule has 1 aromatic rings. The first-order valence-corrected chi connectivity index (χ1v) is 5.20. The Hall–Kier alpha value is -1.88. The molecule has 0 bridgehead atoms. The number of carbonyl (C=O) groups excluding carboxylic acids is 2. The summed E-state index contributed by atoms with van der Waals surface area (Å²) in [5, 5.41) is 14.6. The number of aliphatic hydroxyl groups is 1. The summed E-state index contributed by atoms with van der Waals surface area (Å²) in [6.07, 6.45) is 0. The third kappa shape index (κ3) is 4.24. The second kappa shape index (κ2) is 4.97. The molecular weight excluding hydrogens is 220 g/mol. The summed E-state index contributed by atoms with van der Waals surface area (Å²) in [4.78, 5) is 22.3. The van der Waals surface area contributed by atoms with Crippen molar-refractivity contribution in [2.45, 2.75) is 26.4 Å². The number of benzene rings is 1. The largest absolute Gasteiger partial charge is 0.381 e. The molecule has 0 atom stereocenters. The van der Waals surface area contributed by atoms with Gasteiger partial charge >= 0.3 is 0 Å². The van der Waals surface area contributed by atoms with Gasteiger partial charge in [0.2, 0.25) is 5.91 Å². The molecular formula is C12H16N2O3. The van der Waals surface area contributed by atoms with E-state index < -0.39 is 11.5 Å². The Labute approximate surface area is 99.8 Å². The summed E-state index contributed by atoms with van der Waals surface area (Å²) in [5.74, 6) is -0.636. The molecule has 5 nitrogen and oxygen atoms in total. The molecule has 0 unspecified atom stereocenters. The van der Waals surface area contributed by atoms with E-state index in [-0.39, 0.29) is 5.91 Å². The summed E-state index contributed by atoms with van der Waals surface area (Å²) >= 11 is 0. The van der Waals surface area contributed by atoms with Crippen LogP contribution < -0.4 is 10.6 Å². The molecule has 2 amide bonds.